The molecule has 0 bridgehead atoms. The van der Waals surface area contributed by atoms with E-state index in [2.05, 4.69) is 20.4 Å². The van der Waals surface area contributed by atoms with Crippen LogP contribution in [-0.2, 0) is 18.3 Å². The first-order valence-electron chi connectivity index (χ1n) is 9.08. The Labute approximate surface area is 153 Å². The summed E-state index contributed by atoms with van der Waals surface area (Å²) in [7, 11) is 3.61. The molecule has 1 saturated heterocycles. The molecule has 9 nitrogen and oxygen atoms in total. The maximum atomic E-state index is 5.46. The summed E-state index contributed by atoms with van der Waals surface area (Å²) in [6, 6.07) is 0. The fourth-order valence-electron chi connectivity index (χ4n) is 3.42. The van der Waals surface area contributed by atoms with Crippen molar-refractivity contribution in [1.82, 2.24) is 24.4 Å². The normalized spacial score (nSPS) is 16.7. The summed E-state index contributed by atoms with van der Waals surface area (Å²) >= 11 is 0. The standard InChI is InChI=1S/C17H26N8O/c1-12-13(2)25-17(18-12)24(26-4)11-14(20-25)7-8-15-19-16(21-22(15)3)23-9-5-6-10-23/h11,20H,5-10H2,1-4H3. The zero-order valence-electron chi connectivity index (χ0n) is 15.9. The third kappa shape index (κ3) is 2.92. The van der Waals surface area contributed by atoms with E-state index in [4.69, 9.17) is 9.82 Å². The van der Waals surface area contributed by atoms with Crippen LogP contribution in [0.4, 0.5) is 11.9 Å². The van der Waals surface area contributed by atoms with Crippen LogP contribution < -0.4 is 15.4 Å². The summed E-state index contributed by atoms with van der Waals surface area (Å²) in [6.07, 6.45) is 6.00. The van der Waals surface area contributed by atoms with Gasteiger partial charge in [0.05, 0.1) is 30.4 Å². The van der Waals surface area contributed by atoms with Crippen LogP contribution in [0.3, 0.4) is 0 Å². The van der Waals surface area contributed by atoms with E-state index in [1.54, 1.807) is 12.2 Å². The fraction of sp³-hybridized carbons (Fsp3) is 0.588. The van der Waals surface area contributed by atoms with Crippen LogP contribution in [0, 0.1) is 13.8 Å². The van der Waals surface area contributed by atoms with E-state index >= 15 is 0 Å². The van der Waals surface area contributed by atoms with Crippen molar-refractivity contribution in [2.24, 2.45) is 7.05 Å². The lowest BCUT2D eigenvalue weighted by molar-refractivity contribution is 0.188. The fourth-order valence-corrected chi connectivity index (χ4v) is 3.42. The first-order valence-corrected chi connectivity index (χ1v) is 9.08. The Morgan fingerprint density at radius 3 is 2.65 bits per heavy atom. The zero-order valence-corrected chi connectivity index (χ0v) is 15.9. The number of allylic oxidation sites excluding steroid dienone is 1. The Morgan fingerprint density at radius 2 is 1.92 bits per heavy atom. The van der Waals surface area contributed by atoms with E-state index < -0.39 is 0 Å². The molecule has 2 aliphatic rings. The maximum Gasteiger partial charge on any atom is 0.254 e. The van der Waals surface area contributed by atoms with Gasteiger partial charge in [-0.2, -0.15) is 10.0 Å². The second-order valence-electron chi connectivity index (χ2n) is 6.84. The predicted molar refractivity (Wildman–Crippen MR) is 99.4 cm³/mol. The lowest BCUT2D eigenvalue weighted by Crippen LogP contribution is -2.31. The van der Waals surface area contributed by atoms with Crippen LogP contribution in [-0.4, -0.2) is 44.6 Å². The molecule has 1 fully saturated rings. The van der Waals surface area contributed by atoms with Crippen molar-refractivity contribution in [3.05, 3.63) is 29.1 Å². The molecular weight excluding hydrogens is 332 g/mol. The molecule has 0 atom stereocenters. The molecule has 0 aliphatic carbocycles. The Kier molecular flexibility index (Phi) is 4.31. The smallest absolute Gasteiger partial charge is 0.254 e. The van der Waals surface area contributed by atoms with E-state index in [9.17, 15) is 0 Å². The Balaban J connectivity index is 1.48. The van der Waals surface area contributed by atoms with Gasteiger partial charge in [-0.3, -0.25) is 14.9 Å². The molecule has 0 amide bonds. The molecule has 0 spiro atoms. The second kappa shape index (κ2) is 6.64. The SMILES string of the molecule is CON1C=C(CCc2nc(N3CCCC3)nn2C)Nn2c1nc(C)c2C. The Bertz CT molecular complexity index is 830. The average molecular weight is 358 g/mol. The van der Waals surface area contributed by atoms with Gasteiger partial charge in [0, 0.05) is 26.6 Å². The van der Waals surface area contributed by atoms with Crippen LogP contribution >= 0.6 is 0 Å². The number of imidazole rings is 1. The molecule has 2 aliphatic heterocycles. The third-order valence-corrected chi connectivity index (χ3v) is 5.10. The highest BCUT2D eigenvalue weighted by atomic mass is 16.7. The van der Waals surface area contributed by atoms with Crippen LogP contribution in [0.1, 0.15) is 36.5 Å². The van der Waals surface area contributed by atoms with Gasteiger partial charge < -0.3 is 4.90 Å². The molecule has 4 rings (SSSR count). The second-order valence-corrected chi connectivity index (χ2v) is 6.84. The van der Waals surface area contributed by atoms with Crippen LogP contribution in [0.2, 0.25) is 0 Å². The van der Waals surface area contributed by atoms with Crippen LogP contribution in [0.25, 0.3) is 0 Å². The van der Waals surface area contributed by atoms with Gasteiger partial charge in [-0.25, -0.2) is 9.66 Å². The summed E-state index contributed by atoms with van der Waals surface area (Å²) in [4.78, 5) is 17.0. The maximum absolute atomic E-state index is 5.46. The number of aromatic nitrogens is 5. The minimum Gasteiger partial charge on any atom is -0.340 e. The Morgan fingerprint density at radius 1 is 1.15 bits per heavy atom. The first-order chi connectivity index (χ1) is 12.6. The van der Waals surface area contributed by atoms with Gasteiger partial charge in [-0.05, 0) is 33.1 Å². The molecule has 0 saturated carbocycles. The molecule has 0 radical (unpaired) electrons. The quantitative estimate of drug-likeness (QED) is 0.870. The number of nitrogens with zero attached hydrogens (tertiary/aromatic N) is 7. The van der Waals surface area contributed by atoms with Gasteiger partial charge >= 0.3 is 0 Å². The van der Waals surface area contributed by atoms with Crippen molar-refractivity contribution in [1.29, 1.82) is 0 Å². The van der Waals surface area contributed by atoms with Crippen LogP contribution in [0.5, 0.6) is 0 Å². The predicted octanol–water partition coefficient (Wildman–Crippen LogP) is 1.63. The molecule has 9 heteroatoms. The van der Waals surface area contributed by atoms with Gasteiger partial charge in [0.1, 0.15) is 5.82 Å². The number of fused-ring (bicyclic) bond motifs is 1. The number of anilines is 2. The van der Waals surface area contributed by atoms with Crippen LogP contribution in [0.15, 0.2) is 11.9 Å². The summed E-state index contributed by atoms with van der Waals surface area (Å²) in [5.41, 5.74) is 6.53. The molecule has 0 unspecified atom stereocenters. The summed E-state index contributed by atoms with van der Waals surface area (Å²) < 4.78 is 3.85. The number of aryl methyl sites for hydroxylation is 3. The van der Waals surface area contributed by atoms with Crippen molar-refractivity contribution in [3.8, 4) is 0 Å². The summed E-state index contributed by atoms with van der Waals surface area (Å²) in [5.74, 6) is 2.58. The number of hydroxylamine groups is 1. The van der Waals surface area contributed by atoms with Crippen molar-refractivity contribution < 1.29 is 4.84 Å². The molecule has 26 heavy (non-hydrogen) atoms. The van der Waals surface area contributed by atoms with E-state index in [0.29, 0.717) is 0 Å². The lowest BCUT2D eigenvalue weighted by atomic mass is 10.2. The monoisotopic (exact) mass is 358 g/mol. The van der Waals surface area contributed by atoms with Gasteiger partial charge in [-0.1, -0.05) is 0 Å². The molecule has 0 aromatic carbocycles. The minimum absolute atomic E-state index is 0.737. The average Bonchev–Trinajstić information content (AvgIpc) is 3.34. The van der Waals surface area contributed by atoms with Crippen molar-refractivity contribution in [2.45, 2.75) is 39.5 Å². The van der Waals surface area contributed by atoms with Crippen molar-refractivity contribution >= 4 is 11.9 Å². The molecular formula is C17H26N8O. The van der Waals surface area contributed by atoms with Crippen molar-refractivity contribution in [3.63, 3.8) is 0 Å². The topological polar surface area (TPSA) is 76.3 Å². The van der Waals surface area contributed by atoms with E-state index in [0.717, 1.165) is 60.7 Å². The highest BCUT2D eigenvalue weighted by Crippen LogP contribution is 2.24. The van der Waals surface area contributed by atoms with Gasteiger partial charge in [0.2, 0.25) is 5.95 Å². The third-order valence-electron chi connectivity index (χ3n) is 5.10. The highest BCUT2D eigenvalue weighted by molar-refractivity contribution is 5.44. The molecule has 1 N–H and O–H groups in total. The Hall–Kier alpha value is -2.55. The summed E-state index contributed by atoms with van der Waals surface area (Å²) in [6.45, 7) is 6.15. The molecule has 4 heterocycles. The van der Waals surface area contributed by atoms with Gasteiger partial charge in [0.25, 0.3) is 5.95 Å². The largest absolute Gasteiger partial charge is 0.340 e. The number of nitrogens with one attached hydrogen (secondary N) is 1. The summed E-state index contributed by atoms with van der Waals surface area (Å²) in [5, 5.41) is 6.27. The van der Waals surface area contributed by atoms with E-state index in [1.807, 2.05) is 36.5 Å². The first kappa shape index (κ1) is 16.9. The minimum atomic E-state index is 0.737. The zero-order chi connectivity index (χ0) is 18.3. The number of hydrogen-bond donors (Lipinski definition) is 1. The van der Waals surface area contributed by atoms with Gasteiger partial charge in [-0.15, -0.1) is 5.10 Å². The number of hydrogen-bond acceptors (Lipinski definition) is 7. The number of rotatable bonds is 5. The van der Waals surface area contributed by atoms with Crippen molar-refractivity contribution in [2.75, 3.05) is 35.6 Å². The molecule has 2 aromatic rings. The highest BCUT2D eigenvalue weighted by Gasteiger charge is 2.23. The molecule has 2 aromatic heterocycles. The lowest BCUT2D eigenvalue weighted by Gasteiger charge is -2.26. The van der Waals surface area contributed by atoms with E-state index in [-0.39, 0.29) is 0 Å². The van der Waals surface area contributed by atoms with Gasteiger partial charge in [0.15, 0.2) is 0 Å². The molecule has 140 valence electrons. The van der Waals surface area contributed by atoms with E-state index in [1.165, 1.54) is 12.8 Å².